The van der Waals surface area contributed by atoms with Gasteiger partial charge >= 0.3 is 5.97 Å². The summed E-state index contributed by atoms with van der Waals surface area (Å²) in [6.45, 7) is 20.1. The molecule has 5 rings (SSSR count). The topological polar surface area (TPSA) is 65.9 Å². The fourth-order valence-electron chi connectivity index (χ4n) is 6.75. The van der Waals surface area contributed by atoms with E-state index < -0.39 is 17.7 Å². The molecule has 0 saturated carbocycles. The fraction of sp³-hybridized carbons (Fsp3) is 0.514. The second-order valence-corrected chi connectivity index (χ2v) is 14.5. The van der Waals surface area contributed by atoms with E-state index >= 15 is 0 Å². The van der Waals surface area contributed by atoms with Gasteiger partial charge in [0.15, 0.2) is 6.10 Å². The van der Waals surface area contributed by atoms with Gasteiger partial charge in [0.05, 0.1) is 11.3 Å². The van der Waals surface area contributed by atoms with E-state index in [0.29, 0.717) is 17.8 Å². The van der Waals surface area contributed by atoms with Gasteiger partial charge < -0.3 is 14.7 Å². The molecule has 2 aliphatic rings. The number of ether oxygens (including phenoxy) is 1. The molecule has 0 spiro atoms. The number of hydrogen-bond donors (Lipinski definition) is 1. The van der Waals surface area contributed by atoms with Crippen molar-refractivity contribution in [2.45, 2.75) is 99.4 Å². The molecule has 2 aliphatic heterocycles. The number of fused-ring (bicyclic) bond motifs is 1. The molecule has 1 fully saturated rings. The smallest absolute Gasteiger partial charge is 0.337 e. The normalized spacial score (nSPS) is 17.8. The second kappa shape index (κ2) is 12.2. The third-order valence-corrected chi connectivity index (χ3v) is 9.29. The molecule has 0 bridgehead atoms. The first-order valence-electron chi connectivity index (χ1n) is 15.9. The van der Waals surface area contributed by atoms with Crippen LogP contribution in [0.25, 0.3) is 11.1 Å². The van der Waals surface area contributed by atoms with E-state index in [0.717, 1.165) is 79.1 Å². The summed E-state index contributed by atoms with van der Waals surface area (Å²) < 4.78 is 20.8. The molecule has 6 nitrogen and oxygen atoms in total. The summed E-state index contributed by atoms with van der Waals surface area (Å²) in [6, 6.07) is 11.9. The Morgan fingerprint density at radius 2 is 1.75 bits per heavy atom. The Morgan fingerprint density at radius 1 is 1.05 bits per heavy atom. The summed E-state index contributed by atoms with van der Waals surface area (Å²) in [5.74, 6) is -1.15. The van der Waals surface area contributed by atoms with E-state index in [-0.39, 0.29) is 11.2 Å². The van der Waals surface area contributed by atoms with Crippen LogP contribution in [-0.4, -0.2) is 46.2 Å². The number of carbonyl (C=O) groups is 1. The van der Waals surface area contributed by atoms with Crippen molar-refractivity contribution >= 4 is 11.7 Å². The number of benzene rings is 2. The summed E-state index contributed by atoms with van der Waals surface area (Å²) in [6.07, 6.45) is 1.76. The number of anilines is 1. The molecule has 236 valence electrons. The van der Waals surface area contributed by atoms with Crippen LogP contribution in [-0.2, 0) is 29.0 Å². The zero-order valence-corrected chi connectivity index (χ0v) is 27.7. The summed E-state index contributed by atoms with van der Waals surface area (Å²) in [7, 11) is 0. The highest BCUT2D eigenvalue weighted by Gasteiger charge is 2.36. The number of halogens is 1. The number of aryl methyl sites for hydroxylation is 3. The molecule has 1 N–H and O–H groups in total. The van der Waals surface area contributed by atoms with Gasteiger partial charge in [-0.1, -0.05) is 44.2 Å². The molecule has 1 unspecified atom stereocenters. The maximum absolute atomic E-state index is 14.6. The number of aliphatic carboxylic acids is 1. The van der Waals surface area contributed by atoms with E-state index in [1.165, 1.54) is 11.1 Å². The molecule has 0 radical (unpaired) electrons. The quantitative estimate of drug-likeness (QED) is 0.297. The number of nitrogens with zero attached hydrogens (tertiary/aromatic N) is 3. The van der Waals surface area contributed by atoms with Gasteiger partial charge in [0.1, 0.15) is 5.82 Å². The van der Waals surface area contributed by atoms with E-state index in [4.69, 9.17) is 9.72 Å². The largest absolute Gasteiger partial charge is 0.479 e. The van der Waals surface area contributed by atoms with E-state index in [1.807, 2.05) is 47.6 Å². The molecule has 1 atom stereocenters. The Bertz CT molecular complexity index is 1530. The summed E-state index contributed by atoms with van der Waals surface area (Å²) in [4.78, 5) is 22.4. The zero-order valence-electron chi connectivity index (χ0n) is 27.7. The van der Waals surface area contributed by atoms with Crippen LogP contribution in [0.1, 0.15) is 92.8 Å². The van der Waals surface area contributed by atoms with Crippen LogP contribution < -0.4 is 4.90 Å². The van der Waals surface area contributed by atoms with Crippen molar-refractivity contribution in [2.24, 2.45) is 5.41 Å². The van der Waals surface area contributed by atoms with Gasteiger partial charge in [-0.25, -0.2) is 9.18 Å². The van der Waals surface area contributed by atoms with Crippen molar-refractivity contribution < 1.29 is 19.0 Å². The monoisotopic (exact) mass is 601 g/mol. The molecule has 0 amide bonds. The van der Waals surface area contributed by atoms with Crippen LogP contribution in [0.4, 0.5) is 10.1 Å². The molecule has 1 aromatic heterocycles. The lowest BCUT2D eigenvalue weighted by Gasteiger charge is -2.41. The standard InChI is InChI=1S/C37H48FN3O3/c1-23-10-9-11-30(38)29(23)22-40-17-14-26-20-27(12-13-28(26)21-40)31-24(2)39-25(3)32(34(35(42)43)44-36(4,5)6)33(31)41-18-15-37(7,8)16-19-41/h9-13,20,34H,14-19,21-22H2,1-8H3,(H,42,43). The average molecular weight is 602 g/mol. The molecule has 2 aromatic carbocycles. The van der Waals surface area contributed by atoms with Gasteiger partial charge in [-0.3, -0.25) is 9.88 Å². The fourth-order valence-corrected chi connectivity index (χ4v) is 6.75. The lowest BCUT2D eigenvalue weighted by atomic mass is 9.81. The van der Waals surface area contributed by atoms with Gasteiger partial charge in [-0.2, -0.15) is 0 Å². The first-order valence-corrected chi connectivity index (χ1v) is 15.9. The van der Waals surface area contributed by atoms with Crippen LogP contribution in [0.15, 0.2) is 36.4 Å². The lowest BCUT2D eigenvalue weighted by Crippen LogP contribution is -2.39. The SMILES string of the molecule is Cc1cccc(F)c1CN1CCc2cc(-c3c(C)nc(C)c(C(OC(C)(C)C)C(=O)O)c3N3CCC(C)(C)CC3)ccc2C1. The third-order valence-electron chi connectivity index (χ3n) is 9.29. The first kappa shape index (κ1) is 32.1. The highest BCUT2D eigenvalue weighted by Crippen LogP contribution is 2.45. The maximum Gasteiger partial charge on any atom is 0.337 e. The number of rotatable bonds is 7. The van der Waals surface area contributed by atoms with Gasteiger partial charge in [0.25, 0.3) is 0 Å². The third kappa shape index (κ3) is 6.84. The highest BCUT2D eigenvalue weighted by atomic mass is 19.1. The van der Waals surface area contributed by atoms with Crippen molar-refractivity contribution in [3.63, 3.8) is 0 Å². The molecule has 44 heavy (non-hydrogen) atoms. The van der Waals surface area contributed by atoms with Crippen molar-refractivity contribution in [2.75, 3.05) is 24.5 Å². The zero-order chi connectivity index (χ0) is 32.0. The van der Waals surface area contributed by atoms with E-state index in [1.54, 1.807) is 12.1 Å². The Labute approximate surface area is 262 Å². The van der Waals surface area contributed by atoms with Crippen molar-refractivity contribution in [3.8, 4) is 11.1 Å². The van der Waals surface area contributed by atoms with Crippen molar-refractivity contribution in [1.82, 2.24) is 9.88 Å². The average Bonchev–Trinajstić information content (AvgIpc) is 2.93. The minimum atomic E-state index is -1.14. The molecule has 1 saturated heterocycles. The number of piperidine rings is 1. The number of aromatic nitrogens is 1. The predicted molar refractivity (Wildman–Crippen MR) is 175 cm³/mol. The molecule has 0 aliphatic carbocycles. The van der Waals surface area contributed by atoms with Gasteiger partial charge in [-0.15, -0.1) is 0 Å². The van der Waals surface area contributed by atoms with Crippen LogP contribution in [0.2, 0.25) is 0 Å². The number of carboxylic acids is 1. The maximum atomic E-state index is 14.6. The Balaban J connectivity index is 1.57. The first-order chi connectivity index (χ1) is 20.6. The number of hydrogen-bond acceptors (Lipinski definition) is 5. The Morgan fingerprint density at radius 3 is 2.39 bits per heavy atom. The minimum Gasteiger partial charge on any atom is -0.479 e. The Kier molecular flexibility index (Phi) is 8.94. The van der Waals surface area contributed by atoms with E-state index in [2.05, 4.69) is 41.8 Å². The van der Waals surface area contributed by atoms with Gasteiger partial charge in [0.2, 0.25) is 0 Å². The van der Waals surface area contributed by atoms with Crippen molar-refractivity contribution in [1.29, 1.82) is 0 Å². The minimum absolute atomic E-state index is 0.145. The summed E-state index contributed by atoms with van der Waals surface area (Å²) in [5, 5.41) is 10.5. The predicted octanol–water partition coefficient (Wildman–Crippen LogP) is 7.94. The van der Waals surface area contributed by atoms with Crippen LogP contribution in [0.5, 0.6) is 0 Å². The number of carboxylic acid groups (broad SMARTS) is 1. The van der Waals surface area contributed by atoms with Gasteiger partial charge in [-0.05, 0) is 94.5 Å². The van der Waals surface area contributed by atoms with Crippen molar-refractivity contribution in [3.05, 3.63) is 81.4 Å². The van der Waals surface area contributed by atoms with Crippen LogP contribution in [0, 0.1) is 32.0 Å². The molecular weight excluding hydrogens is 553 g/mol. The highest BCUT2D eigenvalue weighted by molar-refractivity contribution is 5.88. The van der Waals surface area contributed by atoms with Crippen LogP contribution >= 0.6 is 0 Å². The summed E-state index contributed by atoms with van der Waals surface area (Å²) in [5.41, 5.74) is 9.06. The lowest BCUT2D eigenvalue weighted by molar-refractivity contribution is -0.160. The van der Waals surface area contributed by atoms with Crippen LogP contribution in [0.3, 0.4) is 0 Å². The molecule has 3 aromatic rings. The molecule has 7 heteroatoms. The molecule has 3 heterocycles. The number of pyridine rings is 1. The second-order valence-electron chi connectivity index (χ2n) is 14.5. The molecular formula is C37H48FN3O3. The Hall–Kier alpha value is -3.29. The van der Waals surface area contributed by atoms with Gasteiger partial charge in [0, 0.05) is 60.8 Å². The van der Waals surface area contributed by atoms with E-state index in [9.17, 15) is 14.3 Å². The summed E-state index contributed by atoms with van der Waals surface area (Å²) >= 11 is 0.